The maximum atomic E-state index is 10.4. The molecule has 4 heterocycles. The van der Waals surface area contributed by atoms with Crippen LogP contribution in [0.2, 0.25) is 0 Å². The molecule has 0 saturated heterocycles. The van der Waals surface area contributed by atoms with Crippen LogP contribution < -0.4 is 29.9 Å². The van der Waals surface area contributed by atoms with Crippen LogP contribution in [-0.4, -0.2) is 87.9 Å². The number of hydrogen-bond donors (Lipinski definition) is 4. The van der Waals surface area contributed by atoms with E-state index in [-0.39, 0.29) is 67.7 Å². The molecule has 6 aromatic rings. The van der Waals surface area contributed by atoms with Crippen molar-refractivity contribution in [1.29, 1.82) is 0 Å². The average molecular weight is 824 g/mol. The number of hydrogen-bond acceptors (Lipinski definition) is 14. The van der Waals surface area contributed by atoms with Gasteiger partial charge in [-0.2, -0.15) is 0 Å². The summed E-state index contributed by atoms with van der Waals surface area (Å²) in [5, 5.41) is 40.8. The molecule has 0 spiro atoms. The molecular formula is C30H32Cu2N8O12. The number of nitrogens with zero attached hydrogens (tertiary/aromatic N) is 4. The summed E-state index contributed by atoms with van der Waals surface area (Å²) in [6.07, 6.45) is 20.3. The van der Waals surface area contributed by atoms with Gasteiger partial charge in [-0.15, -0.1) is 0 Å². The van der Waals surface area contributed by atoms with Crippen LogP contribution >= 0.6 is 0 Å². The SMILES string of the molecule is O.O.O=C([O-])COc1cccc(C(=O)[O-])c1.O=C([O-])COc1cccc(C(=O)[O-])c1.[Cu+2].[Cu+2].c1c[nH]cn1.c1c[nH]cn1.c1c[nH]cn1.c1c[nH]cn1. The molecule has 0 bridgehead atoms. The zero-order valence-corrected chi connectivity index (χ0v) is 28.3. The number of aromatic nitrogens is 8. The van der Waals surface area contributed by atoms with Crippen LogP contribution in [0.15, 0.2) is 123 Å². The van der Waals surface area contributed by atoms with E-state index < -0.39 is 37.1 Å². The third kappa shape index (κ3) is 29.8. The van der Waals surface area contributed by atoms with Crippen molar-refractivity contribution in [3.63, 3.8) is 0 Å². The number of aromatic amines is 4. The first-order chi connectivity index (χ1) is 23.2. The zero-order valence-electron chi connectivity index (χ0n) is 26.4. The molecule has 286 valence electrons. The van der Waals surface area contributed by atoms with Gasteiger partial charge in [0.1, 0.15) is 24.7 Å². The Morgan fingerprint density at radius 1 is 0.519 bits per heavy atom. The second kappa shape index (κ2) is 34.6. The van der Waals surface area contributed by atoms with E-state index in [4.69, 9.17) is 9.47 Å². The number of benzene rings is 2. The number of ether oxygens (including phenoxy) is 2. The molecule has 6 rings (SSSR count). The number of imidazole rings is 4. The first kappa shape index (κ1) is 52.5. The molecule has 0 unspecified atom stereocenters. The first-order valence-electron chi connectivity index (χ1n) is 13.2. The number of carbonyl (C=O) groups excluding carboxylic acids is 4. The standard InChI is InChI=1S/2C9H8O5.4C3H4N2.2Cu.2H2O/c2*10-8(11)5-14-7-3-1-2-6(4-7)9(12)13;4*1-2-5-3-4-1;;;;/h2*1-4H,5H2,(H,10,11)(H,12,13);4*1-3H,(H,4,5);;;2*1H2/q;;;;;;2*+2;;/p-4. The molecule has 8 N–H and O–H groups in total. The molecule has 2 aromatic carbocycles. The van der Waals surface area contributed by atoms with E-state index in [1.54, 1.807) is 74.9 Å². The van der Waals surface area contributed by atoms with Crippen LogP contribution in [0.25, 0.3) is 0 Å². The van der Waals surface area contributed by atoms with E-state index in [0.717, 1.165) is 0 Å². The van der Waals surface area contributed by atoms with Gasteiger partial charge in [-0.1, -0.05) is 24.3 Å². The molecule has 0 saturated carbocycles. The van der Waals surface area contributed by atoms with E-state index in [1.165, 1.54) is 48.5 Å². The van der Waals surface area contributed by atoms with Gasteiger partial charge in [0.2, 0.25) is 0 Å². The fraction of sp³-hybridized carbons (Fsp3) is 0.0667. The van der Waals surface area contributed by atoms with Crippen molar-refractivity contribution >= 4 is 23.9 Å². The maximum absolute atomic E-state index is 10.4. The number of nitrogens with one attached hydrogen (secondary N) is 4. The minimum Gasteiger partial charge on any atom is -0.546 e. The Bertz CT molecular complexity index is 1420. The Balaban J connectivity index is -0.000000279. The molecule has 4 aromatic heterocycles. The van der Waals surface area contributed by atoms with Crippen LogP contribution in [-0.2, 0) is 43.7 Å². The summed E-state index contributed by atoms with van der Waals surface area (Å²) in [5.41, 5.74) is -0.137. The molecule has 0 amide bonds. The number of H-pyrrole nitrogens is 4. The predicted molar refractivity (Wildman–Crippen MR) is 164 cm³/mol. The Hall–Kier alpha value is -6.28. The van der Waals surface area contributed by atoms with Crippen LogP contribution in [0.1, 0.15) is 20.7 Å². The molecule has 52 heavy (non-hydrogen) atoms. The van der Waals surface area contributed by atoms with Crippen molar-refractivity contribution < 1.29 is 94.2 Å². The molecule has 0 aliphatic heterocycles. The van der Waals surface area contributed by atoms with Crippen LogP contribution in [0.5, 0.6) is 11.5 Å². The van der Waals surface area contributed by atoms with Crippen molar-refractivity contribution in [3.05, 3.63) is 135 Å². The average Bonchev–Trinajstić information content (AvgIpc) is 3.94. The van der Waals surface area contributed by atoms with Crippen molar-refractivity contribution in [3.8, 4) is 11.5 Å². The fourth-order valence-electron chi connectivity index (χ4n) is 2.57. The van der Waals surface area contributed by atoms with Gasteiger partial charge in [-0.05, 0) is 24.3 Å². The van der Waals surface area contributed by atoms with E-state index in [9.17, 15) is 39.6 Å². The van der Waals surface area contributed by atoms with Crippen LogP contribution in [0.3, 0.4) is 0 Å². The van der Waals surface area contributed by atoms with Gasteiger partial charge in [-0.25, -0.2) is 19.9 Å². The van der Waals surface area contributed by atoms with Crippen molar-refractivity contribution in [1.82, 2.24) is 39.9 Å². The number of carboxylic acids is 4. The Morgan fingerprint density at radius 2 is 0.808 bits per heavy atom. The van der Waals surface area contributed by atoms with Crippen molar-refractivity contribution in [2.45, 2.75) is 0 Å². The summed E-state index contributed by atoms with van der Waals surface area (Å²) < 4.78 is 9.41. The number of aliphatic carboxylic acids is 2. The largest absolute Gasteiger partial charge is 2.00 e. The summed E-state index contributed by atoms with van der Waals surface area (Å²) >= 11 is 0. The first-order valence-corrected chi connectivity index (χ1v) is 13.2. The van der Waals surface area contributed by atoms with Gasteiger partial charge in [0.25, 0.3) is 0 Å². The Kier molecular flexibility index (Phi) is 34.9. The minimum atomic E-state index is -1.37. The normalized spacial score (nSPS) is 8.15. The quantitative estimate of drug-likeness (QED) is 0.108. The Morgan fingerprint density at radius 3 is 0.981 bits per heavy atom. The van der Waals surface area contributed by atoms with Gasteiger partial charge in [0, 0.05) is 60.7 Å². The summed E-state index contributed by atoms with van der Waals surface area (Å²) in [7, 11) is 0. The molecule has 22 heteroatoms. The van der Waals surface area contributed by atoms with Gasteiger partial charge in [-0.3, -0.25) is 0 Å². The predicted octanol–water partition coefficient (Wildman–Crippen LogP) is -3.66. The second-order valence-electron chi connectivity index (χ2n) is 7.99. The molecule has 0 aliphatic carbocycles. The van der Waals surface area contributed by atoms with Gasteiger partial charge >= 0.3 is 34.1 Å². The molecule has 0 fully saturated rings. The summed E-state index contributed by atoms with van der Waals surface area (Å²) in [6.45, 7) is -1.23. The topological polar surface area (TPSA) is 357 Å². The number of carboxylic acid groups (broad SMARTS) is 4. The fourth-order valence-corrected chi connectivity index (χ4v) is 2.57. The van der Waals surface area contributed by atoms with Gasteiger partial charge in [0.05, 0.1) is 49.2 Å². The zero-order chi connectivity index (χ0) is 35.2. The summed E-state index contributed by atoms with van der Waals surface area (Å²) in [6, 6.07) is 10.7. The summed E-state index contributed by atoms with van der Waals surface area (Å²) in [4.78, 5) is 66.5. The van der Waals surface area contributed by atoms with Gasteiger partial charge in [0.15, 0.2) is 0 Å². The maximum Gasteiger partial charge on any atom is 2.00 e. The van der Waals surface area contributed by atoms with Crippen molar-refractivity contribution in [2.24, 2.45) is 0 Å². The third-order valence-electron chi connectivity index (χ3n) is 4.48. The number of carbonyl (C=O) groups is 4. The van der Waals surface area contributed by atoms with E-state index in [2.05, 4.69) is 39.9 Å². The summed E-state index contributed by atoms with van der Waals surface area (Å²) in [5.74, 6) is -5.13. The third-order valence-corrected chi connectivity index (χ3v) is 4.48. The number of aromatic carboxylic acids is 2. The smallest absolute Gasteiger partial charge is 0.546 e. The minimum absolute atomic E-state index is 0. The number of rotatable bonds is 8. The molecular weight excluding hydrogens is 791 g/mol. The van der Waals surface area contributed by atoms with Crippen LogP contribution in [0.4, 0.5) is 0 Å². The van der Waals surface area contributed by atoms with E-state index >= 15 is 0 Å². The molecule has 2 radical (unpaired) electrons. The second-order valence-corrected chi connectivity index (χ2v) is 7.99. The molecule has 20 nitrogen and oxygen atoms in total. The molecule has 0 aliphatic rings. The van der Waals surface area contributed by atoms with E-state index in [0.29, 0.717) is 0 Å². The van der Waals surface area contributed by atoms with Crippen LogP contribution in [0, 0.1) is 0 Å². The Labute approximate surface area is 316 Å². The monoisotopic (exact) mass is 822 g/mol. The van der Waals surface area contributed by atoms with Gasteiger partial charge < -0.3 is 80.0 Å². The molecule has 0 atom stereocenters. The van der Waals surface area contributed by atoms with Crippen molar-refractivity contribution in [2.75, 3.05) is 13.2 Å². The van der Waals surface area contributed by atoms with E-state index in [1.807, 2.05) is 0 Å².